The second-order valence-electron chi connectivity index (χ2n) is 3.89. The maximum absolute atomic E-state index is 12.3. The van der Waals surface area contributed by atoms with Crippen LogP contribution in [-0.2, 0) is 7.05 Å². The molecule has 19 heavy (non-hydrogen) atoms. The number of tetrazole rings is 1. The number of hydrogen-bond donors (Lipinski definition) is 1. The van der Waals surface area contributed by atoms with Crippen molar-refractivity contribution < 1.29 is 9.13 Å². The van der Waals surface area contributed by atoms with Gasteiger partial charge in [0.2, 0.25) is 5.82 Å². The molecule has 0 aliphatic heterocycles. The molecule has 6 nitrogen and oxygen atoms in total. The number of aromatic nitrogens is 4. The lowest BCUT2D eigenvalue weighted by Gasteiger charge is -2.07. The molecule has 0 fully saturated rings. The fourth-order valence-corrected chi connectivity index (χ4v) is 1.41. The molecule has 0 aliphatic rings. The SMILES string of the molecule is Cn1nnc(-c2ccc(OC/C(=C\F)CN)cc2)n1. The first-order valence-electron chi connectivity index (χ1n) is 5.68. The van der Waals surface area contributed by atoms with Crippen LogP contribution in [0, 0.1) is 0 Å². The van der Waals surface area contributed by atoms with Crippen molar-refractivity contribution in [3.05, 3.63) is 36.2 Å². The molecule has 1 aromatic carbocycles. The Labute approximate surface area is 109 Å². The molecule has 1 heterocycles. The molecule has 2 aromatic rings. The van der Waals surface area contributed by atoms with Crippen molar-refractivity contribution in [1.82, 2.24) is 20.2 Å². The van der Waals surface area contributed by atoms with Crippen LogP contribution in [0.25, 0.3) is 11.4 Å². The molecule has 100 valence electrons. The maximum atomic E-state index is 12.3. The Morgan fingerprint density at radius 3 is 2.68 bits per heavy atom. The standard InChI is InChI=1S/C12H14FN5O/c1-18-16-12(15-17-18)10-2-4-11(5-3-10)19-8-9(6-13)7-14/h2-6H,7-8,14H2,1H3/b9-6-. The van der Waals surface area contributed by atoms with Crippen molar-refractivity contribution in [2.24, 2.45) is 12.8 Å². The number of hydrogen-bond acceptors (Lipinski definition) is 5. The van der Waals surface area contributed by atoms with Gasteiger partial charge in [0.05, 0.1) is 13.4 Å². The summed E-state index contributed by atoms with van der Waals surface area (Å²) in [5, 5.41) is 11.8. The lowest BCUT2D eigenvalue weighted by Crippen LogP contribution is -2.10. The Kier molecular flexibility index (Phi) is 4.19. The van der Waals surface area contributed by atoms with Crippen LogP contribution in [0.2, 0.25) is 0 Å². The predicted octanol–water partition coefficient (Wildman–Crippen LogP) is 1.07. The highest BCUT2D eigenvalue weighted by Gasteiger charge is 2.04. The summed E-state index contributed by atoms with van der Waals surface area (Å²) in [6.45, 7) is 0.272. The molecule has 0 unspecified atom stereocenters. The van der Waals surface area contributed by atoms with E-state index in [1.807, 2.05) is 12.1 Å². The van der Waals surface area contributed by atoms with Gasteiger partial charge < -0.3 is 10.5 Å². The van der Waals surface area contributed by atoms with E-state index in [0.29, 0.717) is 23.5 Å². The van der Waals surface area contributed by atoms with Crippen LogP contribution in [0.15, 0.2) is 36.2 Å². The molecule has 0 saturated heterocycles. The van der Waals surface area contributed by atoms with Crippen LogP contribution < -0.4 is 10.5 Å². The van der Waals surface area contributed by atoms with Gasteiger partial charge in [0.1, 0.15) is 12.4 Å². The van der Waals surface area contributed by atoms with Gasteiger partial charge in [0.25, 0.3) is 0 Å². The minimum Gasteiger partial charge on any atom is -0.489 e. The summed E-state index contributed by atoms with van der Waals surface area (Å²) in [5.41, 5.74) is 6.57. The minimum atomic E-state index is 0.135. The summed E-state index contributed by atoms with van der Waals surface area (Å²) in [5.74, 6) is 1.17. The molecule has 0 amide bonds. The topological polar surface area (TPSA) is 78.8 Å². The van der Waals surface area contributed by atoms with Crippen molar-refractivity contribution in [3.63, 3.8) is 0 Å². The van der Waals surface area contributed by atoms with Gasteiger partial charge >= 0.3 is 0 Å². The Balaban J connectivity index is 2.02. The highest BCUT2D eigenvalue weighted by molar-refractivity contribution is 5.55. The van der Waals surface area contributed by atoms with Gasteiger partial charge in [-0.1, -0.05) is 0 Å². The summed E-state index contributed by atoms with van der Waals surface area (Å²) in [4.78, 5) is 1.39. The fourth-order valence-electron chi connectivity index (χ4n) is 1.41. The van der Waals surface area contributed by atoms with Crippen LogP contribution in [-0.4, -0.2) is 33.4 Å². The average Bonchev–Trinajstić information content (AvgIpc) is 2.87. The van der Waals surface area contributed by atoms with E-state index < -0.39 is 0 Å². The highest BCUT2D eigenvalue weighted by atomic mass is 19.1. The van der Waals surface area contributed by atoms with Crippen LogP contribution >= 0.6 is 0 Å². The van der Waals surface area contributed by atoms with E-state index in [1.165, 1.54) is 4.80 Å². The van der Waals surface area contributed by atoms with Crippen LogP contribution in [0.1, 0.15) is 0 Å². The first kappa shape index (κ1) is 13.2. The number of rotatable bonds is 5. The number of ether oxygens (including phenoxy) is 1. The van der Waals surface area contributed by atoms with E-state index in [4.69, 9.17) is 10.5 Å². The molecule has 0 radical (unpaired) electrons. The molecule has 0 bridgehead atoms. The second kappa shape index (κ2) is 6.05. The molecule has 0 atom stereocenters. The van der Waals surface area contributed by atoms with Gasteiger partial charge in [-0.2, -0.15) is 4.80 Å². The summed E-state index contributed by atoms with van der Waals surface area (Å²) >= 11 is 0. The first-order valence-corrected chi connectivity index (χ1v) is 5.68. The van der Waals surface area contributed by atoms with Gasteiger partial charge in [-0.25, -0.2) is 4.39 Å². The van der Waals surface area contributed by atoms with E-state index in [0.717, 1.165) is 5.56 Å². The number of nitrogens with zero attached hydrogens (tertiary/aromatic N) is 4. The third-order valence-electron chi connectivity index (χ3n) is 2.46. The second-order valence-corrected chi connectivity index (χ2v) is 3.89. The van der Waals surface area contributed by atoms with Crippen LogP contribution in [0.5, 0.6) is 5.75 Å². The molecule has 2 rings (SSSR count). The number of nitrogens with two attached hydrogens (primary N) is 1. The number of aryl methyl sites for hydroxylation is 1. The molecule has 0 spiro atoms. The van der Waals surface area contributed by atoms with E-state index >= 15 is 0 Å². The quantitative estimate of drug-likeness (QED) is 0.872. The maximum Gasteiger partial charge on any atom is 0.204 e. The zero-order valence-electron chi connectivity index (χ0n) is 10.5. The van der Waals surface area contributed by atoms with E-state index in [2.05, 4.69) is 15.4 Å². The lowest BCUT2D eigenvalue weighted by molar-refractivity contribution is 0.347. The van der Waals surface area contributed by atoms with Gasteiger partial charge in [-0.3, -0.25) is 0 Å². The summed E-state index contributed by atoms with van der Waals surface area (Å²) < 4.78 is 17.7. The summed E-state index contributed by atoms with van der Waals surface area (Å²) in [6, 6.07) is 7.15. The third-order valence-corrected chi connectivity index (χ3v) is 2.46. The van der Waals surface area contributed by atoms with Crippen molar-refractivity contribution in [3.8, 4) is 17.1 Å². The van der Waals surface area contributed by atoms with Crippen LogP contribution in [0.3, 0.4) is 0 Å². The molecular formula is C12H14FN5O. The van der Waals surface area contributed by atoms with Gasteiger partial charge in [-0.05, 0) is 29.5 Å². The third kappa shape index (κ3) is 3.35. The minimum absolute atomic E-state index is 0.135. The molecule has 2 N–H and O–H groups in total. The van der Waals surface area contributed by atoms with E-state index in [-0.39, 0.29) is 13.2 Å². The summed E-state index contributed by atoms with van der Waals surface area (Å²) in [6.07, 6.45) is 0.470. The average molecular weight is 263 g/mol. The van der Waals surface area contributed by atoms with Crippen molar-refractivity contribution >= 4 is 0 Å². The Morgan fingerprint density at radius 1 is 1.42 bits per heavy atom. The van der Waals surface area contributed by atoms with Crippen molar-refractivity contribution in [2.75, 3.05) is 13.2 Å². The Bertz CT molecular complexity index is 564. The van der Waals surface area contributed by atoms with E-state index in [1.54, 1.807) is 19.2 Å². The molecule has 1 aromatic heterocycles. The number of halogens is 1. The molecule has 0 aliphatic carbocycles. The first-order chi connectivity index (χ1) is 9.22. The normalized spacial score (nSPS) is 11.6. The van der Waals surface area contributed by atoms with Gasteiger partial charge in [-0.15, -0.1) is 10.2 Å². The van der Waals surface area contributed by atoms with Crippen molar-refractivity contribution in [1.29, 1.82) is 0 Å². The van der Waals surface area contributed by atoms with E-state index in [9.17, 15) is 4.39 Å². The predicted molar refractivity (Wildman–Crippen MR) is 68.0 cm³/mol. The van der Waals surface area contributed by atoms with Gasteiger partial charge in [0, 0.05) is 17.7 Å². The Hall–Kier alpha value is -2.28. The van der Waals surface area contributed by atoms with Crippen LogP contribution in [0.4, 0.5) is 4.39 Å². The fraction of sp³-hybridized carbons (Fsp3) is 0.250. The summed E-state index contributed by atoms with van der Waals surface area (Å²) in [7, 11) is 1.70. The number of benzene rings is 1. The Morgan fingerprint density at radius 2 is 2.16 bits per heavy atom. The monoisotopic (exact) mass is 263 g/mol. The largest absolute Gasteiger partial charge is 0.489 e. The molecule has 0 saturated carbocycles. The molecular weight excluding hydrogens is 249 g/mol. The lowest BCUT2D eigenvalue weighted by atomic mass is 10.2. The smallest absolute Gasteiger partial charge is 0.204 e. The highest BCUT2D eigenvalue weighted by Crippen LogP contribution is 2.18. The molecule has 7 heteroatoms. The zero-order valence-corrected chi connectivity index (χ0v) is 10.5. The van der Waals surface area contributed by atoms with Gasteiger partial charge in [0.15, 0.2) is 0 Å². The van der Waals surface area contributed by atoms with Crippen molar-refractivity contribution in [2.45, 2.75) is 0 Å². The zero-order chi connectivity index (χ0) is 13.7.